The van der Waals surface area contributed by atoms with Crippen LogP contribution in [-0.2, 0) is 13.0 Å². The Labute approximate surface area is 127 Å². The van der Waals surface area contributed by atoms with Gasteiger partial charge in [0, 0.05) is 13.1 Å². The SMILES string of the molecule is c1ccc(CN2CC[C@@H]3c4ccccc4CC[C@H]3C2)cc1. The number of likely N-dealkylation sites (tertiary alicyclic amines) is 1. The van der Waals surface area contributed by atoms with Crippen molar-refractivity contribution in [3.8, 4) is 0 Å². The quantitative estimate of drug-likeness (QED) is 0.793. The maximum absolute atomic E-state index is 2.66. The van der Waals surface area contributed by atoms with E-state index in [1.807, 2.05) is 0 Å². The van der Waals surface area contributed by atoms with Crippen LogP contribution in [0.3, 0.4) is 0 Å². The average molecular weight is 277 g/mol. The fraction of sp³-hybridized carbons (Fsp3) is 0.400. The molecule has 0 unspecified atom stereocenters. The van der Waals surface area contributed by atoms with E-state index in [0.29, 0.717) is 0 Å². The highest BCUT2D eigenvalue weighted by molar-refractivity contribution is 5.34. The molecule has 0 saturated carbocycles. The van der Waals surface area contributed by atoms with Crippen LogP contribution in [0.5, 0.6) is 0 Å². The molecule has 4 rings (SSSR count). The van der Waals surface area contributed by atoms with Gasteiger partial charge in [-0.2, -0.15) is 0 Å². The first-order chi connectivity index (χ1) is 10.4. The third-order valence-corrected chi connectivity index (χ3v) is 5.31. The van der Waals surface area contributed by atoms with Gasteiger partial charge in [0.05, 0.1) is 0 Å². The van der Waals surface area contributed by atoms with Crippen LogP contribution < -0.4 is 0 Å². The largest absolute Gasteiger partial charge is 0.299 e. The van der Waals surface area contributed by atoms with Crippen LogP contribution in [0.4, 0.5) is 0 Å². The topological polar surface area (TPSA) is 3.24 Å². The zero-order chi connectivity index (χ0) is 14.1. The maximum Gasteiger partial charge on any atom is 0.0233 e. The van der Waals surface area contributed by atoms with E-state index in [2.05, 4.69) is 59.5 Å². The third-order valence-electron chi connectivity index (χ3n) is 5.31. The van der Waals surface area contributed by atoms with E-state index in [9.17, 15) is 0 Å². The monoisotopic (exact) mass is 277 g/mol. The lowest BCUT2D eigenvalue weighted by atomic mass is 9.71. The van der Waals surface area contributed by atoms with Crippen molar-refractivity contribution in [3.05, 3.63) is 71.3 Å². The van der Waals surface area contributed by atoms with Gasteiger partial charge in [-0.15, -0.1) is 0 Å². The Morgan fingerprint density at radius 3 is 2.62 bits per heavy atom. The van der Waals surface area contributed by atoms with Gasteiger partial charge in [0.1, 0.15) is 0 Å². The van der Waals surface area contributed by atoms with Crippen molar-refractivity contribution in [1.82, 2.24) is 4.90 Å². The van der Waals surface area contributed by atoms with Crippen LogP contribution in [0.15, 0.2) is 54.6 Å². The smallest absolute Gasteiger partial charge is 0.0233 e. The Morgan fingerprint density at radius 1 is 0.905 bits per heavy atom. The normalized spacial score (nSPS) is 25.1. The number of piperidine rings is 1. The van der Waals surface area contributed by atoms with Gasteiger partial charge >= 0.3 is 0 Å². The minimum Gasteiger partial charge on any atom is -0.299 e. The summed E-state index contributed by atoms with van der Waals surface area (Å²) in [5.74, 6) is 1.67. The number of nitrogens with zero attached hydrogens (tertiary/aromatic N) is 1. The lowest BCUT2D eigenvalue weighted by Gasteiger charge is -2.42. The highest BCUT2D eigenvalue weighted by Crippen LogP contribution is 2.41. The summed E-state index contributed by atoms with van der Waals surface area (Å²) in [7, 11) is 0. The van der Waals surface area contributed by atoms with Gasteiger partial charge in [0.15, 0.2) is 0 Å². The van der Waals surface area contributed by atoms with Crippen LogP contribution in [0.25, 0.3) is 0 Å². The van der Waals surface area contributed by atoms with Crippen LogP contribution in [0, 0.1) is 5.92 Å². The fourth-order valence-corrected chi connectivity index (χ4v) is 4.26. The lowest BCUT2D eigenvalue weighted by Crippen LogP contribution is -2.40. The molecule has 1 saturated heterocycles. The molecule has 0 amide bonds. The molecule has 1 heterocycles. The molecule has 1 aliphatic carbocycles. The van der Waals surface area contributed by atoms with Crippen molar-refractivity contribution in [2.75, 3.05) is 13.1 Å². The highest BCUT2D eigenvalue weighted by atomic mass is 15.1. The molecule has 2 aromatic carbocycles. The third kappa shape index (κ3) is 2.63. The van der Waals surface area contributed by atoms with Crippen molar-refractivity contribution in [3.63, 3.8) is 0 Å². The Kier molecular flexibility index (Phi) is 3.52. The number of rotatable bonds is 2. The standard InChI is InChI=1S/C20H23N/c1-2-6-16(7-3-1)14-21-13-12-20-18(15-21)11-10-17-8-4-5-9-19(17)20/h1-9,18,20H,10-15H2/t18-,20-/m0/s1. The molecule has 2 aromatic rings. The lowest BCUT2D eigenvalue weighted by molar-refractivity contribution is 0.135. The van der Waals surface area contributed by atoms with E-state index in [-0.39, 0.29) is 0 Å². The summed E-state index contributed by atoms with van der Waals surface area (Å²) < 4.78 is 0. The van der Waals surface area contributed by atoms with Crippen molar-refractivity contribution < 1.29 is 0 Å². The summed E-state index contributed by atoms with van der Waals surface area (Å²) in [5, 5.41) is 0. The Balaban J connectivity index is 1.48. The number of fused-ring (bicyclic) bond motifs is 3. The van der Waals surface area contributed by atoms with Gasteiger partial charge in [0.25, 0.3) is 0 Å². The first kappa shape index (κ1) is 13.1. The van der Waals surface area contributed by atoms with Gasteiger partial charge in [-0.05, 0) is 54.3 Å². The molecule has 2 atom stereocenters. The summed E-state index contributed by atoms with van der Waals surface area (Å²) in [6, 6.07) is 20.0. The number of hydrogen-bond acceptors (Lipinski definition) is 1. The van der Waals surface area contributed by atoms with Gasteiger partial charge in [-0.3, -0.25) is 4.90 Å². The van der Waals surface area contributed by atoms with Gasteiger partial charge < -0.3 is 0 Å². The minimum absolute atomic E-state index is 0.807. The molecule has 0 spiro atoms. The van der Waals surface area contributed by atoms with E-state index in [0.717, 1.165) is 18.4 Å². The zero-order valence-electron chi connectivity index (χ0n) is 12.5. The first-order valence-electron chi connectivity index (χ1n) is 8.24. The highest BCUT2D eigenvalue weighted by Gasteiger charge is 2.33. The summed E-state index contributed by atoms with van der Waals surface area (Å²) in [6.07, 6.45) is 3.97. The van der Waals surface area contributed by atoms with Gasteiger partial charge in [-0.1, -0.05) is 54.6 Å². The first-order valence-corrected chi connectivity index (χ1v) is 8.24. The Hall–Kier alpha value is -1.60. The van der Waals surface area contributed by atoms with E-state index >= 15 is 0 Å². The second-order valence-electron chi connectivity index (χ2n) is 6.61. The van der Waals surface area contributed by atoms with Crippen LogP contribution in [-0.4, -0.2) is 18.0 Å². The van der Waals surface area contributed by atoms with Crippen LogP contribution in [0.1, 0.15) is 35.4 Å². The summed E-state index contributed by atoms with van der Waals surface area (Å²) in [4.78, 5) is 2.66. The molecule has 1 aliphatic heterocycles. The molecule has 0 radical (unpaired) electrons. The van der Waals surface area contributed by atoms with E-state index in [4.69, 9.17) is 0 Å². The van der Waals surface area contributed by atoms with Crippen LogP contribution in [0.2, 0.25) is 0 Å². The number of hydrogen-bond donors (Lipinski definition) is 0. The molecule has 0 N–H and O–H groups in total. The number of benzene rings is 2. The van der Waals surface area contributed by atoms with Crippen molar-refractivity contribution >= 4 is 0 Å². The Morgan fingerprint density at radius 2 is 1.71 bits per heavy atom. The molecular weight excluding hydrogens is 254 g/mol. The van der Waals surface area contributed by atoms with E-state index in [1.165, 1.54) is 37.9 Å². The molecule has 1 fully saturated rings. The molecule has 2 aliphatic rings. The number of aryl methyl sites for hydroxylation is 1. The fourth-order valence-electron chi connectivity index (χ4n) is 4.26. The predicted molar refractivity (Wildman–Crippen MR) is 87.3 cm³/mol. The molecule has 108 valence electrons. The molecule has 0 bridgehead atoms. The maximum atomic E-state index is 2.66. The molecule has 1 nitrogen and oxygen atoms in total. The Bertz CT molecular complexity index is 604. The molecule has 21 heavy (non-hydrogen) atoms. The van der Waals surface area contributed by atoms with Crippen molar-refractivity contribution in [1.29, 1.82) is 0 Å². The summed E-state index contributed by atoms with van der Waals surface area (Å²) >= 11 is 0. The molecular formula is C20H23N. The van der Waals surface area contributed by atoms with E-state index < -0.39 is 0 Å². The predicted octanol–water partition coefficient (Wildman–Crippen LogP) is 4.24. The zero-order valence-corrected chi connectivity index (χ0v) is 12.5. The second-order valence-corrected chi connectivity index (χ2v) is 6.61. The minimum atomic E-state index is 0.807. The van der Waals surface area contributed by atoms with Crippen molar-refractivity contribution in [2.45, 2.75) is 31.7 Å². The van der Waals surface area contributed by atoms with Crippen molar-refractivity contribution in [2.24, 2.45) is 5.92 Å². The molecule has 1 heteroatoms. The average Bonchev–Trinajstić information content (AvgIpc) is 2.55. The second kappa shape index (κ2) is 5.65. The van der Waals surface area contributed by atoms with E-state index in [1.54, 1.807) is 11.1 Å². The van der Waals surface area contributed by atoms with Gasteiger partial charge in [-0.25, -0.2) is 0 Å². The summed E-state index contributed by atoms with van der Waals surface area (Å²) in [6.45, 7) is 3.63. The summed E-state index contributed by atoms with van der Waals surface area (Å²) in [5.41, 5.74) is 4.70. The van der Waals surface area contributed by atoms with Gasteiger partial charge in [0.2, 0.25) is 0 Å². The van der Waals surface area contributed by atoms with Crippen LogP contribution >= 0.6 is 0 Å². The molecule has 0 aromatic heterocycles.